The maximum atomic E-state index is 3.61. The van der Waals surface area contributed by atoms with Crippen LogP contribution in [0.4, 0.5) is 0 Å². The van der Waals surface area contributed by atoms with Gasteiger partial charge in [0.2, 0.25) is 0 Å². The van der Waals surface area contributed by atoms with Crippen molar-refractivity contribution in [1.29, 1.82) is 0 Å². The van der Waals surface area contributed by atoms with E-state index in [0.717, 1.165) is 24.4 Å². The Hall–Kier alpha value is -0.120. The van der Waals surface area contributed by atoms with Crippen molar-refractivity contribution in [2.45, 2.75) is 39.2 Å². The summed E-state index contributed by atoms with van der Waals surface area (Å²) in [5.41, 5.74) is 0. The quantitative estimate of drug-likeness (QED) is 0.679. The van der Waals surface area contributed by atoms with Crippen molar-refractivity contribution in [1.82, 2.24) is 15.1 Å². The maximum Gasteiger partial charge on any atom is 0.0133 e. The number of rotatable bonds is 9. The van der Waals surface area contributed by atoms with Crippen LogP contribution in [0.15, 0.2) is 0 Å². The molecule has 0 aromatic heterocycles. The minimum atomic E-state index is 0.765. The summed E-state index contributed by atoms with van der Waals surface area (Å²) in [5, 5.41) is 3.61. The van der Waals surface area contributed by atoms with Crippen LogP contribution in [0, 0.1) is 11.8 Å². The van der Waals surface area contributed by atoms with Crippen LogP contribution in [0.3, 0.4) is 0 Å². The van der Waals surface area contributed by atoms with Gasteiger partial charge in [0, 0.05) is 6.04 Å². The van der Waals surface area contributed by atoms with Gasteiger partial charge in [0.1, 0.15) is 0 Å². The predicted molar refractivity (Wildman–Crippen MR) is 80.0 cm³/mol. The topological polar surface area (TPSA) is 18.5 Å². The molecule has 1 aliphatic rings. The highest BCUT2D eigenvalue weighted by Gasteiger charge is 2.32. The van der Waals surface area contributed by atoms with Gasteiger partial charge in [-0.2, -0.15) is 0 Å². The molecule has 108 valence electrons. The number of hydrogen-bond acceptors (Lipinski definition) is 3. The SMILES string of the molecule is CC(C)CNCC1CCC1N(C)CCCN(C)C. The molecule has 0 aromatic rings. The Kier molecular flexibility index (Phi) is 7.20. The Morgan fingerprint density at radius 1 is 1.11 bits per heavy atom. The first-order valence-electron chi connectivity index (χ1n) is 7.56. The Bertz CT molecular complexity index is 200. The van der Waals surface area contributed by atoms with Crippen LogP contribution in [0.1, 0.15) is 33.1 Å². The summed E-state index contributed by atoms with van der Waals surface area (Å²) >= 11 is 0. The maximum absolute atomic E-state index is 3.61. The lowest BCUT2D eigenvalue weighted by Crippen LogP contribution is -2.49. The Balaban J connectivity index is 2.13. The predicted octanol–water partition coefficient (Wildman–Crippen LogP) is 1.89. The monoisotopic (exact) mass is 255 g/mol. The molecular formula is C15H33N3. The van der Waals surface area contributed by atoms with Gasteiger partial charge >= 0.3 is 0 Å². The van der Waals surface area contributed by atoms with Crippen LogP contribution < -0.4 is 5.32 Å². The van der Waals surface area contributed by atoms with Crippen molar-refractivity contribution in [2.24, 2.45) is 11.8 Å². The van der Waals surface area contributed by atoms with Crippen LogP contribution in [-0.4, -0.2) is 63.2 Å². The molecular weight excluding hydrogens is 222 g/mol. The summed E-state index contributed by atoms with van der Waals surface area (Å²) in [6.07, 6.45) is 4.09. The Morgan fingerprint density at radius 3 is 2.33 bits per heavy atom. The summed E-state index contributed by atoms with van der Waals surface area (Å²) in [5.74, 6) is 1.65. The van der Waals surface area contributed by atoms with Crippen LogP contribution in [0.5, 0.6) is 0 Å². The molecule has 0 spiro atoms. The zero-order valence-electron chi connectivity index (χ0n) is 13.1. The van der Waals surface area contributed by atoms with Gasteiger partial charge < -0.3 is 15.1 Å². The van der Waals surface area contributed by atoms with Crippen molar-refractivity contribution in [3.8, 4) is 0 Å². The minimum absolute atomic E-state index is 0.765. The van der Waals surface area contributed by atoms with Gasteiger partial charge in [-0.25, -0.2) is 0 Å². The number of nitrogens with zero attached hydrogens (tertiary/aromatic N) is 2. The highest BCUT2D eigenvalue weighted by atomic mass is 15.2. The molecule has 3 nitrogen and oxygen atoms in total. The smallest absolute Gasteiger partial charge is 0.0133 e. The minimum Gasteiger partial charge on any atom is -0.316 e. The molecule has 2 unspecified atom stereocenters. The summed E-state index contributed by atoms with van der Waals surface area (Å²) in [6, 6.07) is 0.826. The first kappa shape index (κ1) is 15.9. The second-order valence-corrected chi connectivity index (χ2v) is 6.59. The zero-order chi connectivity index (χ0) is 13.5. The standard InChI is InChI=1S/C15H33N3/c1-13(2)11-16-12-14-7-8-15(14)18(5)10-6-9-17(3)4/h13-16H,6-12H2,1-5H3. The first-order chi connectivity index (χ1) is 8.50. The third-order valence-electron chi connectivity index (χ3n) is 4.02. The fraction of sp³-hybridized carbons (Fsp3) is 1.00. The second kappa shape index (κ2) is 8.13. The molecule has 0 saturated heterocycles. The zero-order valence-corrected chi connectivity index (χ0v) is 13.1. The van der Waals surface area contributed by atoms with E-state index in [9.17, 15) is 0 Å². The Morgan fingerprint density at radius 2 is 1.83 bits per heavy atom. The molecule has 1 aliphatic carbocycles. The molecule has 0 heterocycles. The lowest BCUT2D eigenvalue weighted by molar-refractivity contribution is 0.0808. The molecule has 0 aromatic carbocycles. The lowest BCUT2D eigenvalue weighted by atomic mass is 9.78. The van der Waals surface area contributed by atoms with Crippen molar-refractivity contribution in [3.63, 3.8) is 0 Å². The average Bonchev–Trinajstić information content (AvgIpc) is 2.21. The van der Waals surface area contributed by atoms with Gasteiger partial charge in [-0.15, -0.1) is 0 Å². The lowest BCUT2D eigenvalue weighted by Gasteiger charge is -2.43. The molecule has 1 N–H and O–H groups in total. The van der Waals surface area contributed by atoms with Gasteiger partial charge in [-0.1, -0.05) is 13.8 Å². The van der Waals surface area contributed by atoms with Crippen molar-refractivity contribution < 1.29 is 0 Å². The first-order valence-corrected chi connectivity index (χ1v) is 7.56. The largest absolute Gasteiger partial charge is 0.316 e. The van der Waals surface area contributed by atoms with E-state index < -0.39 is 0 Å². The molecule has 18 heavy (non-hydrogen) atoms. The Labute approximate surface area is 114 Å². The van der Waals surface area contributed by atoms with Crippen molar-refractivity contribution in [2.75, 3.05) is 47.3 Å². The molecule has 1 rings (SSSR count). The van der Waals surface area contributed by atoms with E-state index in [1.165, 1.54) is 38.9 Å². The fourth-order valence-corrected chi connectivity index (χ4v) is 2.73. The van der Waals surface area contributed by atoms with E-state index in [-0.39, 0.29) is 0 Å². The molecule has 0 radical (unpaired) electrons. The summed E-state index contributed by atoms with van der Waals surface area (Å²) in [6.45, 7) is 9.36. The number of nitrogens with one attached hydrogen (secondary N) is 1. The summed E-state index contributed by atoms with van der Waals surface area (Å²) < 4.78 is 0. The van der Waals surface area contributed by atoms with Gasteiger partial charge in [0.25, 0.3) is 0 Å². The van der Waals surface area contributed by atoms with Gasteiger partial charge in [0.15, 0.2) is 0 Å². The van der Waals surface area contributed by atoms with E-state index in [2.05, 4.69) is 50.1 Å². The summed E-state index contributed by atoms with van der Waals surface area (Å²) in [4.78, 5) is 4.85. The third kappa shape index (κ3) is 5.68. The third-order valence-corrected chi connectivity index (χ3v) is 4.02. The highest BCUT2D eigenvalue weighted by molar-refractivity contribution is 4.88. The van der Waals surface area contributed by atoms with E-state index in [1.54, 1.807) is 0 Å². The summed E-state index contributed by atoms with van der Waals surface area (Å²) in [7, 11) is 6.61. The van der Waals surface area contributed by atoms with Crippen molar-refractivity contribution in [3.05, 3.63) is 0 Å². The molecule has 1 saturated carbocycles. The van der Waals surface area contributed by atoms with Gasteiger partial charge in [-0.05, 0) is 78.4 Å². The van der Waals surface area contributed by atoms with Crippen LogP contribution in [0.25, 0.3) is 0 Å². The molecule has 0 bridgehead atoms. The van der Waals surface area contributed by atoms with Crippen molar-refractivity contribution >= 4 is 0 Å². The molecule has 3 heteroatoms. The second-order valence-electron chi connectivity index (χ2n) is 6.59. The van der Waals surface area contributed by atoms with Gasteiger partial charge in [-0.3, -0.25) is 0 Å². The molecule has 1 fully saturated rings. The van der Waals surface area contributed by atoms with Gasteiger partial charge in [0.05, 0.1) is 0 Å². The van der Waals surface area contributed by atoms with Crippen LogP contribution in [0.2, 0.25) is 0 Å². The average molecular weight is 255 g/mol. The number of hydrogen-bond donors (Lipinski definition) is 1. The normalized spacial score (nSPS) is 24.0. The van der Waals surface area contributed by atoms with E-state index in [1.807, 2.05) is 0 Å². The van der Waals surface area contributed by atoms with E-state index >= 15 is 0 Å². The van der Waals surface area contributed by atoms with Crippen LogP contribution >= 0.6 is 0 Å². The highest BCUT2D eigenvalue weighted by Crippen LogP contribution is 2.30. The molecule has 2 atom stereocenters. The molecule has 0 amide bonds. The molecule has 0 aliphatic heterocycles. The van der Waals surface area contributed by atoms with E-state index in [4.69, 9.17) is 0 Å². The van der Waals surface area contributed by atoms with E-state index in [0.29, 0.717) is 0 Å². The fourth-order valence-electron chi connectivity index (χ4n) is 2.73. The van der Waals surface area contributed by atoms with Crippen LogP contribution in [-0.2, 0) is 0 Å².